The molecule has 1 rings (SSSR count). The molecule has 6 heteroatoms. The molecule has 60 valence electrons. The molecular weight excluding hydrogens is 159 g/mol. The van der Waals surface area contributed by atoms with Gasteiger partial charge in [-0.25, -0.2) is 4.57 Å². The van der Waals surface area contributed by atoms with Crippen molar-refractivity contribution in [3.63, 3.8) is 0 Å². The SMILES string of the molecule is O=P1(OCCO)OCCO1. The van der Waals surface area contributed by atoms with E-state index >= 15 is 0 Å². The van der Waals surface area contributed by atoms with E-state index in [1.165, 1.54) is 0 Å². The maximum Gasteiger partial charge on any atom is 0.475 e. The monoisotopic (exact) mass is 168 g/mol. The van der Waals surface area contributed by atoms with Gasteiger partial charge in [-0.3, -0.25) is 13.6 Å². The van der Waals surface area contributed by atoms with Crippen molar-refractivity contribution in [2.24, 2.45) is 0 Å². The highest BCUT2D eigenvalue weighted by Crippen LogP contribution is 2.52. The molecule has 0 aliphatic carbocycles. The quantitative estimate of drug-likeness (QED) is 0.607. The zero-order valence-corrected chi connectivity index (χ0v) is 6.25. The third-order valence-corrected chi connectivity index (χ3v) is 2.42. The molecule has 0 aromatic heterocycles. The Hall–Kier alpha value is 0.0700. The maximum atomic E-state index is 11.0. The number of rotatable bonds is 3. The van der Waals surface area contributed by atoms with Crippen molar-refractivity contribution >= 4 is 7.82 Å². The van der Waals surface area contributed by atoms with E-state index in [-0.39, 0.29) is 13.2 Å². The van der Waals surface area contributed by atoms with Crippen molar-refractivity contribution in [1.29, 1.82) is 0 Å². The van der Waals surface area contributed by atoms with E-state index in [0.29, 0.717) is 13.2 Å². The summed E-state index contributed by atoms with van der Waals surface area (Å²) in [5.74, 6) is 0. The second-order valence-electron chi connectivity index (χ2n) is 1.67. The predicted octanol–water partition coefficient (Wildman–Crippen LogP) is 0.150. The molecule has 1 heterocycles. The van der Waals surface area contributed by atoms with Crippen molar-refractivity contribution in [1.82, 2.24) is 0 Å². The van der Waals surface area contributed by atoms with Gasteiger partial charge in [-0.1, -0.05) is 0 Å². The lowest BCUT2D eigenvalue weighted by molar-refractivity contribution is 0.148. The number of aliphatic hydroxyl groups is 1. The smallest absolute Gasteiger partial charge is 0.394 e. The first-order valence-corrected chi connectivity index (χ1v) is 4.37. The summed E-state index contributed by atoms with van der Waals surface area (Å²) in [6.45, 7) is 0.388. The summed E-state index contributed by atoms with van der Waals surface area (Å²) in [4.78, 5) is 0. The van der Waals surface area contributed by atoms with Crippen LogP contribution in [0.2, 0.25) is 0 Å². The van der Waals surface area contributed by atoms with Crippen molar-refractivity contribution < 1.29 is 23.2 Å². The Morgan fingerprint density at radius 2 is 2.10 bits per heavy atom. The normalized spacial score (nSPS) is 23.3. The zero-order chi connectivity index (χ0) is 7.45. The van der Waals surface area contributed by atoms with Crippen LogP contribution in [0.4, 0.5) is 0 Å². The van der Waals surface area contributed by atoms with Gasteiger partial charge in [0, 0.05) is 0 Å². The van der Waals surface area contributed by atoms with Gasteiger partial charge in [0.1, 0.15) is 0 Å². The van der Waals surface area contributed by atoms with E-state index in [1.54, 1.807) is 0 Å². The number of hydrogen-bond donors (Lipinski definition) is 1. The van der Waals surface area contributed by atoms with Crippen molar-refractivity contribution in [2.45, 2.75) is 0 Å². The number of aliphatic hydroxyl groups excluding tert-OH is 1. The fourth-order valence-electron chi connectivity index (χ4n) is 0.563. The Labute approximate surface area is 58.5 Å². The summed E-state index contributed by atoms with van der Waals surface area (Å²) in [6.07, 6.45) is 0. The summed E-state index contributed by atoms with van der Waals surface area (Å²) < 4.78 is 24.9. The highest BCUT2D eigenvalue weighted by molar-refractivity contribution is 7.48. The van der Waals surface area contributed by atoms with E-state index in [2.05, 4.69) is 13.6 Å². The molecule has 0 saturated carbocycles. The molecule has 10 heavy (non-hydrogen) atoms. The Morgan fingerprint density at radius 1 is 1.50 bits per heavy atom. The second kappa shape index (κ2) is 3.46. The van der Waals surface area contributed by atoms with Crippen LogP contribution in [-0.2, 0) is 18.1 Å². The molecule has 0 radical (unpaired) electrons. The third-order valence-electron chi connectivity index (χ3n) is 0.923. The molecule has 0 amide bonds. The minimum atomic E-state index is -3.25. The Balaban J connectivity index is 2.29. The van der Waals surface area contributed by atoms with E-state index in [0.717, 1.165) is 0 Å². The van der Waals surface area contributed by atoms with Gasteiger partial charge in [0.2, 0.25) is 0 Å². The molecule has 0 bridgehead atoms. The molecule has 0 atom stereocenters. The molecule has 1 N–H and O–H groups in total. The van der Waals surface area contributed by atoms with Crippen LogP contribution < -0.4 is 0 Å². The van der Waals surface area contributed by atoms with Gasteiger partial charge >= 0.3 is 7.82 Å². The molecule has 1 aliphatic heterocycles. The van der Waals surface area contributed by atoms with Crippen LogP contribution in [0.1, 0.15) is 0 Å². The van der Waals surface area contributed by atoms with Crippen LogP contribution in [0.5, 0.6) is 0 Å². The van der Waals surface area contributed by atoms with Crippen molar-refractivity contribution in [3.05, 3.63) is 0 Å². The van der Waals surface area contributed by atoms with Gasteiger partial charge in [0.05, 0.1) is 26.4 Å². The summed E-state index contributed by atoms with van der Waals surface area (Å²) >= 11 is 0. The summed E-state index contributed by atoms with van der Waals surface area (Å²) in [6, 6.07) is 0. The molecule has 0 aromatic rings. The predicted molar refractivity (Wildman–Crippen MR) is 32.5 cm³/mol. The Kier molecular flexibility index (Phi) is 2.82. The molecule has 0 aromatic carbocycles. The van der Waals surface area contributed by atoms with Crippen LogP contribution in [0.25, 0.3) is 0 Å². The fourth-order valence-corrected chi connectivity index (χ4v) is 1.69. The van der Waals surface area contributed by atoms with Crippen LogP contribution in [0.15, 0.2) is 0 Å². The van der Waals surface area contributed by atoms with E-state index in [4.69, 9.17) is 5.11 Å². The fraction of sp³-hybridized carbons (Fsp3) is 1.00. The topological polar surface area (TPSA) is 65.0 Å². The number of phosphoric ester groups is 1. The molecular formula is C4H9O5P. The number of hydrogen-bond acceptors (Lipinski definition) is 5. The van der Waals surface area contributed by atoms with Crippen LogP contribution in [0.3, 0.4) is 0 Å². The minimum Gasteiger partial charge on any atom is -0.394 e. The lowest BCUT2D eigenvalue weighted by Gasteiger charge is -2.06. The Bertz CT molecular complexity index is 137. The first-order chi connectivity index (χ1) is 4.77. The highest BCUT2D eigenvalue weighted by Gasteiger charge is 2.31. The van der Waals surface area contributed by atoms with E-state index < -0.39 is 7.82 Å². The summed E-state index contributed by atoms with van der Waals surface area (Å²) in [5, 5.41) is 8.28. The van der Waals surface area contributed by atoms with Crippen LogP contribution in [0, 0.1) is 0 Å². The maximum absolute atomic E-state index is 11.0. The highest BCUT2D eigenvalue weighted by atomic mass is 31.2. The van der Waals surface area contributed by atoms with Crippen LogP contribution in [-0.4, -0.2) is 31.5 Å². The molecule has 1 saturated heterocycles. The largest absolute Gasteiger partial charge is 0.475 e. The lowest BCUT2D eigenvalue weighted by atomic mass is 10.8. The standard InChI is InChI=1S/C4H9O5P/c5-1-2-7-10(6)8-3-4-9-10/h5H,1-4H2. The molecule has 0 spiro atoms. The van der Waals surface area contributed by atoms with Gasteiger partial charge in [-0.05, 0) is 0 Å². The van der Waals surface area contributed by atoms with Crippen molar-refractivity contribution in [3.8, 4) is 0 Å². The average Bonchev–Trinajstić information content (AvgIpc) is 2.33. The van der Waals surface area contributed by atoms with Gasteiger partial charge in [0.15, 0.2) is 0 Å². The Morgan fingerprint density at radius 3 is 2.60 bits per heavy atom. The third kappa shape index (κ3) is 2.04. The average molecular weight is 168 g/mol. The number of phosphoric acid groups is 1. The van der Waals surface area contributed by atoms with Gasteiger partial charge < -0.3 is 5.11 Å². The molecule has 0 unspecified atom stereocenters. The first-order valence-electron chi connectivity index (χ1n) is 2.91. The second-order valence-corrected chi connectivity index (χ2v) is 3.34. The van der Waals surface area contributed by atoms with Crippen molar-refractivity contribution in [2.75, 3.05) is 26.4 Å². The van der Waals surface area contributed by atoms with Gasteiger partial charge in [0.25, 0.3) is 0 Å². The zero-order valence-electron chi connectivity index (χ0n) is 5.36. The summed E-state index contributed by atoms with van der Waals surface area (Å²) in [5.41, 5.74) is 0. The minimum absolute atomic E-state index is 0.0166. The molecule has 1 aliphatic rings. The molecule has 1 fully saturated rings. The lowest BCUT2D eigenvalue weighted by Crippen LogP contribution is -1.97. The van der Waals surface area contributed by atoms with E-state index in [9.17, 15) is 4.57 Å². The van der Waals surface area contributed by atoms with E-state index in [1.807, 2.05) is 0 Å². The van der Waals surface area contributed by atoms with Gasteiger partial charge in [-0.2, -0.15) is 0 Å². The molecule has 5 nitrogen and oxygen atoms in total. The summed E-state index contributed by atoms with van der Waals surface area (Å²) in [7, 11) is -3.25. The van der Waals surface area contributed by atoms with Gasteiger partial charge in [-0.15, -0.1) is 0 Å². The first kappa shape index (κ1) is 8.17. The van der Waals surface area contributed by atoms with Crippen LogP contribution >= 0.6 is 7.82 Å².